The molecule has 7 heteroatoms. The van der Waals surface area contributed by atoms with Crippen molar-refractivity contribution in [3.63, 3.8) is 0 Å². The number of halogens is 1. The number of pyridine rings is 1. The van der Waals surface area contributed by atoms with Crippen LogP contribution in [0.5, 0.6) is 0 Å². The lowest BCUT2D eigenvalue weighted by Gasteiger charge is -2.37. The van der Waals surface area contributed by atoms with Crippen molar-refractivity contribution in [1.82, 2.24) is 15.0 Å². The molecule has 0 saturated carbocycles. The van der Waals surface area contributed by atoms with Crippen molar-refractivity contribution < 1.29 is 9.18 Å². The third-order valence-electron chi connectivity index (χ3n) is 5.44. The van der Waals surface area contributed by atoms with Crippen molar-refractivity contribution in [2.75, 3.05) is 18.0 Å². The molecule has 0 radical (unpaired) electrons. The van der Waals surface area contributed by atoms with Crippen LogP contribution in [0, 0.1) is 5.82 Å². The van der Waals surface area contributed by atoms with Crippen LogP contribution in [-0.2, 0) is 6.42 Å². The van der Waals surface area contributed by atoms with Gasteiger partial charge in [0.2, 0.25) is 0 Å². The highest BCUT2D eigenvalue weighted by Crippen LogP contribution is 2.26. The van der Waals surface area contributed by atoms with E-state index < -0.39 is 0 Å². The average Bonchev–Trinajstić information content (AvgIpc) is 2.77. The van der Waals surface area contributed by atoms with Gasteiger partial charge in [0.25, 0.3) is 0 Å². The molecule has 2 aromatic heterocycles. The van der Waals surface area contributed by atoms with E-state index >= 15 is 0 Å². The molecule has 0 spiro atoms. The fraction of sp³-hybridized carbons (Fsp3) is 0.167. The first kappa shape index (κ1) is 19.3. The van der Waals surface area contributed by atoms with Gasteiger partial charge in [-0.15, -0.1) is 0 Å². The van der Waals surface area contributed by atoms with Crippen LogP contribution in [0.2, 0.25) is 0 Å². The first-order valence-electron chi connectivity index (χ1n) is 10.1. The monoisotopic (exact) mass is 413 g/mol. The Morgan fingerprint density at radius 3 is 2.61 bits per heavy atom. The minimum absolute atomic E-state index is 0.102. The van der Waals surface area contributed by atoms with E-state index in [0.29, 0.717) is 11.3 Å². The van der Waals surface area contributed by atoms with Gasteiger partial charge < -0.3 is 10.6 Å². The molecule has 6 nitrogen and oxygen atoms in total. The number of benzene rings is 2. The van der Waals surface area contributed by atoms with E-state index in [2.05, 4.69) is 14.9 Å². The number of fused-ring (bicyclic) bond motifs is 1. The Kier molecular flexibility index (Phi) is 4.88. The summed E-state index contributed by atoms with van der Waals surface area (Å²) in [5, 5.41) is 1.94. The van der Waals surface area contributed by atoms with Crippen molar-refractivity contribution in [2.24, 2.45) is 5.73 Å². The zero-order valence-corrected chi connectivity index (χ0v) is 16.7. The Balaban J connectivity index is 1.41. The van der Waals surface area contributed by atoms with Crippen LogP contribution in [-0.4, -0.2) is 39.9 Å². The lowest BCUT2D eigenvalue weighted by atomic mass is 10.0. The van der Waals surface area contributed by atoms with E-state index in [1.807, 2.05) is 24.3 Å². The number of hydrogen-bond donors (Lipinski definition) is 1. The molecule has 31 heavy (non-hydrogen) atoms. The van der Waals surface area contributed by atoms with E-state index in [-0.39, 0.29) is 24.1 Å². The summed E-state index contributed by atoms with van der Waals surface area (Å²) in [6, 6.07) is 13.7. The number of rotatable bonds is 5. The summed E-state index contributed by atoms with van der Waals surface area (Å²) in [4.78, 5) is 28.1. The quantitative estimate of drug-likeness (QED) is 0.505. The second-order valence-corrected chi connectivity index (χ2v) is 7.77. The number of aromatic nitrogens is 3. The maximum absolute atomic E-state index is 13.1. The summed E-state index contributed by atoms with van der Waals surface area (Å²) in [6.07, 6.45) is 5.40. The Morgan fingerprint density at radius 1 is 1.03 bits per heavy atom. The van der Waals surface area contributed by atoms with Crippen LogP contribution in [0.4, 0.5) is 10.2 Å². The van der Waals surface area contributed by atoms with Crippen LogP contribution in [0.25, 0.3) is 22.0 Å². The van der Waals surface area contributed by atoms with Gasteiger partial charge in [0.1, 0.15) is 11.6 Å². The van der Waals surface area contributed by atoms with Crippen LogP contribution in [0.1, 0.15) is 16.1 Å². The third kappa shape index (κ3) is 4.00. The van der Waals surface area contributed by atoms with Gasteiger partial charge in [-0.25, -0.2) is 9.37 Å². The van der Waals surface area contributed by atoms with Crippen LogP contribution in [0.3, 0.4) is 0 Å². The summed E-state index contributed by atoms with van der Waals surface area (Å²) < 4.78 is 13.1. The molecule has 3 heterocycles. The highest BCUT2D eigenvalue weighted by atomic mass is 19.1. The number of anilines is 1. The fourth-order valence-electron chi connectivity index (χ4n) is 3.69. The van der Waals surface area contributed by atoms with Gasteiger partial charge in [0, 0.05) is 47.5 Å². The van der Waals surface area contributed by atoms with Gasteiger partial charge in [-0.3, -0.25) is 14.8 Å². The number of carbonyl (C=O) groups excluding carboxylic acids is 1. The van der Waals surface area contributed by atoms with Crippen molar-refractivity contribution in [1.29, 1.82) is 0 Å². The minimum atomic E-state index is -0.364. The molecule has 2 aromatic carbocycles. The van der Waals surface area contributed by atoms with Crippen LogP contribution in [0.15, 0.2) is 67.1 Å². The standard InChI is InChI=1S/C24H20FN5O/c25-19-5-3-15(4-6-19)23(31)9-21-8-18-7-16(1-2-17(18)10-28-21)22-11-27-12-24(29-22)30-13-20(26)14-30/h1-8,10-12,20H,9,13-14,26H2. The van der Waals surface area contributed by atoms with Crippen LogP contribution >= 0.6 is 0 Å². The summed E-state index contributed by atoms with van der Waals surface area (Å²) >= 11 is 0. The molecule has 0 aliphatic carbocycles. The van der Waals surface area contributed by atoms with Crippen molar-refractivity contribution in [3.05, 3.63) is 84.2 Å². The van der Waals surface area contributed by atoms with Crippen molar-refractivity contribution in [2.45, 2.75) is 12.5 Å². The van der Waals surface area contributed by atoms with Crippen molar-refractivity contribution in [3.8, 4) is 11.3 Å². The Morgan fingerprint density at radius 2 is 1.84 bits per heavy atom. The minimum Gasteiger partial charge on any atom is -0.352 e. The number of nitrogens with zero attached hydrogens (tertiary/aromatic N) is 4. The van der Waals surface area contributed by atoms with E-state index in [9.17, 15) is 9.18 Å². The van der Waals surface area contributed by atoms with Gasteiger partial charge >= 0.3 is 0 Å². The molecular weight excluding hydrogens is 393 g/mol. The normalized spacial score (nSPS) is 13.9. The molecule has 0 bridgehead atoms. The molecule has 154 valence electrons. The van der Waals surface area contributed by atoms with Gasteiger partial charge in [-0.05, 0) is 41.8 Å². The van der Waals surface area contributed by atoms with Gasteiger partial charge in [-0.2, -0.15) is 0 Å². The Labute approximate surface area is 178 Å². The number of ketones is 1. The molecule has 0 unspecified atom stereocenters. The van der Waals surface area contributed by atoms with Gasteiger partial charge in [0.05, 0.1) is 24.5 Å². The molecule has 1 aliphatic rings. The Hall–Kier alpha value is -3.71. The SMILES string of the molecule is NC1CN(c2cncc(-c3ccc4cnc(CC(=O)c5ccc(F)cc5)cc4c3)n2)C1. The van der Waals surface area contributed by atoms with E-state index in [1.165, 1.54) is 24.3 Å². The summed E-state index contributed by atoms with van der Waals surface area (Å²) in [7, 11) is 0. The third-order valence-corrected chi connectivity index (χ3v) is 5.44. The summed E-state index contributed by atoms with van der Waals surface area (Å²) in [5.41, 5.74) is 8.72. The zero-order valence-electron chi connectivity index (χ0n) is 16.7. The molecule has 0 amide bonds. The maximum atomic E-state index is 13.1. The average molecular weight is 413 g/mol. The predicted molar refractivity (Wildman–Crippen MR) is 117 cm³/mol. The first-order chi connectivity index (χ1) is 15.0. The second kappa shape index (κ2) is 7.85. The van der Waals surface area contributed by atoms with E-state index in [1.54, 1.807) is 18.6 Å². The molecule has 1 aliphatic heterocycles. The first-order valence-corrected chi connectivity index (χ1v) is 10.1. The number of nitrogens with two attached hydrogens (primary N) is 1. The molecule has 0 atom stereocenters. The number of Topliss-reactive ketones (excluding diaryl/α,β-unsaturated/α-hetero) is 1. The molecule has 1 saturated heterocycles. The highest BCUT2D eigenvalue weighted by molar-refractivity contribution is 5.97. The second-order valence-electron chi connectivity index (χ2n) is 7.77. The Bertz CT molecular complexity index is 1270. The highest BCUT2D eigenvalue weighted by Gasteiger charge is 2.24. The molecule has 1 fully saturated rings. The number of carbonyl (C=O) groups is 1. The topological polar surface area (TPSA) is 85.0 Å². The fourth-order valence-corrected chi connectivity index (χ4v) is 3.69. The molecule has 5 rings (SSSR count). The smallest absolute Gasteiger partial charge is 0.168 e. The van der Waals surface area contributed by atoms with Crippen molar-refractivity contribution >= 4 is 22.4 Å². The van der Waals surface area contributed by atoms with Gasteiger partial charge in [-0.1, -0.05) is 12.1 Å². The summed E-state index contributed by atoms with van der Waals surface area (Å²) in [6.45, 7) is 1.57. The maximum Gasteiger partial charge on any atom is 0.168 e. The molecular formula is C24H20FN5O. The number of hydrogen-bond acceptors (Lipinski definition) is 6. The van der Waals surface area contributed by atoms with Crippen LogP contribution < -0.4 is 10.6 Å². The zero-order chi connectivity index (χ0) is 21.4. The predicted octanol–water partition coefficient (Wildman–Crippen LogP) is 3.40. The lowest BCUT2D eigenvalue weighted by Crippen LogP contribution is -2.56. The largest absolute Gasteiger partial charge is 0.352 e. The van der Waals surface area contributed by atoms with E-state index in [4.69, 9.17) is 10.7 Å². The summed E-state index contributed by atoms with van der Waals surface area (Å²) in [5.74, 6) is 0.353. The van der Waals surface area contributed by atoms with E-state index in [0.717, 1.165) is 40.9 Å². The molecule has 2 N–H and O–H groups in total. The molecule has 4 aromatic rings. The van der Waals surface area contributed by atoms with Gasteiger partial charge in [0.15, 0.2) is 5.78 Å². The lowest BCUT2D eigenvalue weighted by molar-refractivity contribution is 0.0992.